The van der Waals surface area contributed by atoms with Crippen LogP contribution in [0.25, 0.3) is 11.3 Å². The van der Waals surface area contributed by atoms with Gasteiger partial charge in [0.05, 0.1) is 5.56 Å². The number of aryl methyl sites for hydroxylation is 1. The summed E-state index contributed by atoms with van der Waals surface area (Å²) in [5, 5.41) is 0. The number of benzene rings is 1. The van der Waals surface area contributed by atoms with Crippen LogP contribution in [0.1, 0.15) is 11.1 Å². The van der Waals surface area contributed by atoms with Gasteiger partial charge in [-0.15, -0.1) is 0 Å². The van der Waals surface area contributed by atoms with Crippen molar-refractivity contribution >= 4 is 0 Å². The van der Waals surface area contributed by atoms with E-state index in [-0.39, 0.29) is 5.82 Å². The molecule has 1 aromatic carbocycles. The number of rotatable bonds is 0. The Hall–Kier alpha value is -1.70. The molecular formula is C13H11FN+. The monoisotopic (exact) mass is 200 g/mol. The van der Waals surface area contributed by atoms with Gasteiger partial charge in [0, 0.05) is 17.7 Å². The molecule has 0 atom stereocenters. The largest absolute Gasteiger partial charge is 0.216 e. The van der Waals surface area contributed by atoms with Crippen molar-refractivity contribution in [1.82, 2.24) is 0 Å². The molecular weight excluding hydrogens is 189 g/mol. The van der Waals surface area contributed by atoms with Gasteiger partial charge >= 0.3 is 0 Å². The second kappa shape index (κ2) is 2.89. The van der Waals surface area contributed by atoms with Crippen LogP contribution in [-0.4, -0.2) is 0 Å². The molecule has 0 spiro atoms. The summed E-state index contributed by atoms with van der Waals surface area (Å²) in [6.45, 7) is 2.71. The van der Waals surface area contributed by atoms with Crippen molar-refractivity contribution in [3.8, 4) is 11.3 Å². The zero-order chi connectivity index (χ0) is 10.4. The van der Waals surface area contributed by atoms with Crippen molar-refractivity contribution < 1.29 is 8.96 Å². The molecule has 2 aromatic rings. The fourth-order valence-corrected chi connectivity index (χ4v) is 2.25. The maximum atomic E-state index is 13.8. The van der Waals surface area contributed by atoms with Crippen LogP contribution >= 0.6 is 0 Å². The van der Waals surface area contributed by atoms with Crippen LogP contribution in [-0.2, 0) is 6.54 Å². The number of aromatic nitrogens is 1. The van der Waals surface area contributed by atoms with Gasteiger partial charge in [-0.25, -0.2) is 4.39 Å². The first-order chi connectivity index (χ1) is 7.25. The van der Waals surface area contributed by atoms with Crippen LogP contribution in [0.3, 0.4) is 0 Å². The minimum Gasteiger partial charge on any atom is -0.206 e. The van der Waals surface area contributed by atoms with Crippen molar-refractivity contribution in [2.24, 2.45) is 0 Å². The molecule has 3 rings (SSSR count). The molecule has 1 aromatic heterocycles. The predicted octanol–water partition coefficient (Wildman–Crippen LogP) is 2.45. The van der Waals surface area contributed by atoms with E-state index in [4.69, 9.17) is 0 Å². The number of hydrogen-bond donors (Lipinski definition) is 0. The maximum absolute atomic E-state index is 13.8. The lowest BCUT2D eigenvalue weighted by Gasteiger charge is -1.98. The number of nitrogens with zero attached hydrogens (tertiary/aromatic N) is 1. The van der Waals surface area contributed by atoms with Crippen LogP contribution in [0, 0.1) is 12.7 Å². The average molecular weight is 200 g/mol. The Morgan fingerprint density at radius 2 is 2.13 bits per heavy atom. The second-order valence-electron chi connectivity index (χ2n) is 3.99. The first-order valence-corrected chi connectivity index (χ1v) is 5.03. The molecule has 0 unspecified atom stereocenters. The summed E-state index contributed by atoms with van der Waals surface area (Å²) in [7, 11) is 0. The third-order valence-corrected chi connectivity index (χ3v) is 2.85. The first-order valence-electron chi connectivity index (χ1n) is 5.03. The van der Waals surface area contributed by atoms with Crippen molar-refractivity contribution in [3.05, 3.63) is 53.5 Å². The van der Waals surface area contributed by atoms with Crippen molar-refractivity contribution in [2.45, 2.75) is 13.5 Å². The lowest BCUT2D eigenvalue weighted by Crippen LogP contribution is -2.31. The molecule has 1 aliphatic heterocycles. The van der Waals surface area contributed by atoms with E-state index in [9.17, 15) is 4.39 Å². The summed E-state index contributed by atoms with van der Waals surface area (Å²) in [5.74, 6) is -0.109. The Morgan fingerprint density at radius 1 is 1.27 bits per heavy atom. The third kappa shape index (κ3) is 1.18. The van der Waals surface area contributed by atoms with E-state index in [0.717, 1.165) is 28.9 Å². The third-order valence-electron chi connectivity index (χ3n) is 2.85. The number of halogens is 1. The maximum Gasteiger partial charge on any atom is 0.216 e. The summed E-state index contributed by atoms with van der Waals surface area (Å²) in [4.78, 5) is 0. The van der Waals surface area contributed by atoms with Crippen LogP contribution in [0.15, 0.2) is 36.5 Å². The van der Waals surface area contributed by atoms with Gasteiger partial charge in [0.15, 0.2) is 12.7 Å². The summed E-state index contributed by atoms with van der Waals surface area (Å²) < 4.78 is 15.9. The summed E-state index contributed by atoms with van der Waals surface area (Å²) >= 11 is 0. The Labute approximate surface area is 87.8 Å². The van der Waals surface area contributed by atoms with E-state index in [1.807, 2.05) is 31.3 Å². The molecule has 0 bridgehead atoms. The van der Waals surface area contributed by atoms with E-state index < -0.39 is 0 Å². The van der Waals surface area contributed by atoms with Crippen molar-refractivity contribution in [1.29, 1.82) is 0 Å². The molecule has 1 nitrogen and oxygen atoms in total. The highest BCUT2D eigenvalue weighted by atomic mass is 19.1. The van der Waals surface area contributed by atoms with Gasteiger partial charge in [-0.3, -0.25) is 0 Å². The molecule has 0 N–H and O–H groups in total. The van der Waals surface area contributed by atoms with Crippen LogP contribution in [0.2, 0.25) is 0 Å². The standard InChI is InChI=1S/C13H11FN/c1-9-6-10-8-15-5-3-2-4-12(15)13(10)11(14)7-9/h2-7H,8H2,1H3/q+1. The number of hydrogen-bond acceptors (Lipinski definition) is 0. The van der Waals surface area contributed by atoms with Crippen LogP contribution < -0.4 is 4.57 Å². The molecule has 0 amide bonds. The average Bonchev–Trinajstić information content (AvgIpc) is 2.54. The minimum absolute atomic E-state index is 0.109. The number of fused-ring (bicyclic) bond motifs is 3. The van der Waals surface area contributed by atoms with Gasteiger partial charge in [-0.2, -0.15) is 4.57 Å². The highest BCUT2D eigenvalue weighted by molar-refractivity contribution is 5.64. The fraction of sp³-hybridized carbons (Fsp3) is 0.154. The fourth-order valence-electron chi connectivity index (χ4n) is 2.25. The van der Waals surface area contributed by atoms with Crippen molar-refractivity contribution in [3.63, 3.8) is 0 Å². The predicted molar refractivity (Wildman–Crippen MR) is 55.9 cm³/mol. The Kier molecular flexibility index (Phi) is 1.66. The highest BCUT2D eigenvalue weighted by Gasteiger charge is 2.28. The molecule has 1 aliphatic rings. The summed E-state index contributed by atoms with van der Waals surface area (Å²) in [5.41, 5.74) is 3.81. The van der Waals surface area contributed by atoms with E-state index in [1.165, 1.54) is 0 Å². The molecule has 0 aliphatic carbocycles. The zero-order valence-electron chi connectivity index (χ0n) is 8.50. The number of pyridine rings is 1. The summed E-state index contributed by atoms with van der Waals surface area (Å²) in [6.07, 6.45) is 1.99. The normalized spacial score (nSPS) is 12.4. The Morgan fingerprint density at radius 3 is 3.00 bits per heavy atom. The van der Waals surface area contributed by atoms with Crippen molar-refractivity contribution in [2.75, 3.05) is 0 Å². The molecule has 2 heterocycles. The van der Waals surface area contributed by atoms with Gasteiger partial charge in [-0.1, -0.05) is 0 Å². The molecule has 0 saturated heterocycles. The molecule has 15 heavy (non-hydrogen) atoms. The van der Waals surface area contributed by atoms with Gasteiger partial charge in [0.2, 0.25) is 5.69 Å². The van der Waals surface area contributed by atoms with Crippen LogP contribution in [0.4, 0.5) is 4.39 Å². The van der Waals surface area contributed by atoms with Gasteiger partial charge in [0.1, 0.15) is 5.82 Å². The van der Waals surface area contributed by atoms with E-state index in [1.54, 1.807) is 6.07 Å². The zero-order valence-corrected chi connectivity index (χ0v) is 8.50. The van der Waals surface area contributed by atoms with E-state index in [2.05, 4.69) is 10.6 Å². The molecule has 0 saturated carbocycles. The molecule has 2 heteroatoms. The van der Waals surface area contributed by atoms with E-state index in [0.29, 0.717) is 0 Å². The second-order valence-corrected chi connectivity index (χ2v) is 3.99. The lowest BCUT2D eigenvalue weighted by molar-refractivity contribution is -0.672. The van der Waals surface area contributed by atoms with Gasteiger partial charge < -0.3 is 0 Å². The van der Waals surface area contributed by atoms with Crippen LogP contribution in [0.5, 0.6) is 0 Å². The SMILES string of the molecule is Cc1cc(F)c2c(c1)C[n+]1ccccc1-2. The summed E-state index contributed by atoms with van der Waals surface area (Å²) in [6, 6.07) is 9.54. The Bertz CT molecular complexity index is 546. The molecule has 0 radical (unpaired) electrons. The smallest absolute Gasteiger partial charge is 0.206 e. The highest BCUT2D eigenvalue weighted by Crippen LogP contribution is 2.29. The first kappa shape index (κ1) is 8.60. The Balaban J connectivity index is 2.33. The van der Waals surface area contributed by atoms with Gasteiger partial charge in [0.25, 0.3) is 0 Å². The quantitative estimate of drug-likeness (QED) is 0.491. The van der Waals surface area contributed by atoms with E-state index >= 15 is 0 Å². The van der Waals surface area contributed by atoms with Gasteiger partial charge in [-0.05, 0) is 30.7 Å². The lowest BCUT2D eigenvalue weighted by atomic mass is 10.0. The molecule has 0 fully saturated rings. The topological polar surface area (TPSA) is 3.88 Å². The minimum atomic E-state index is -0.109. The molecule has 74 valence electrons.